The van der Waals surface area contributed by atoms with Crippen molar-refractivity contribution < 1.29 is 14.3 Å². The summed E-state index contributed by atoms with van der Waals surface area (Å²) in [6.45, 7) is 4.22. The van der Waals surface area contributed by atoms with Gasteiger partial charge in [0.05, 0.1) is 13.0 Å². The fraction of sp³-hybridized carbons (Fsp3) is 0.600. The molecule has 0 radical (unpaired) electrons. The van der Waals surface area contributed by atoms with Crippen LogP contribution in [0.5, 0.6) is 0 Å². The van der Waals surface area contributed by atoms with Gasteiger partial charge >= 0.3 is 5.97 Å². The maximum Gasteiger partial charge on any atom is 0.310 e. The summed E-state index contributed by atoms with van der Waals surface area (Å²) >= 11 is 0. The van der Waals surface area contributed by atoms with Gasteiger partial charge in [-0.3, -0.25) is 9.59 Å². The van der Waals surface area contributed by atoms with Crippen molar-refractivity contribution in [1.29, 1.82) is 0 Å². The molecule has 1 unspecified atom stereocenters. The first-order valence-electron chi connectivity index (χ1n) is 8.99. The first kappa shape index (κ1) is 18.5. The molecule has 0 heterocycles. The van der Waals surface area contributed by atoms with E-state index in [1.807, 2.05) is 43.0 Å². The minimum absolute atomic E-state index is 0.0377. The van der Waals surface area contributed by atoms with Crippen LogP contribution >= 0.6 is 0 Å². The second kappa shape index (κ2) is 8.86. The highest BCUT2D eigenvalue weighted by Crippen LogP contribution is 2.25. The highest BCUT2D eigenvalue weighted by atomic mass is 16.5. The molecular formula is C20H29NO3. The lowest BCUT2D eigenvalue weighted by Gasteiger charge is -2.33. The lowest BCUT2D eigenvalue weighted by atomic mass is 10.0. The summed E-state index contributed by atoms with van der Waals surface area (Å²) in [5.74, 6) is -0.534. The van der Waals surface area contributed by atoms with E-state index in [9.17, 15) is 9.59 Å². The van der Waals surface area contributed by atoms with Crippen LogP contribution < -0.4 is 0 Å². The van der Waals surface area contributed by atoms with Crippen molar-refractivity contribution in [2.24, 2.45) is 5.92 Å². The molecule has 4 nitrogen and oxygen atoms in total. The van der Waals surface area contributed by atoms with Gasteiger partial charge in [0, 0.05) is 18.2 Å². The summed E-state index contributed by atoms with van der Waals surface area (Å²) < 4.78 is 4.86. The molecule has 1 aliphatic carbocycles. The maximum atomic E-state index is 13.2. The summed E-state index contributed by atoms with van der Waals surface area (Å²) in [4.78, 5) is 27.0. The van der Waals surface area contributed by atoms with E-state index in [4.69, 9.17) is 4.74 Å². The molecule has 1 fully saturated rings. The standard InChI is InChI=1S/C20H29NO3/c1-15-10-8-9-13-18(15)19(22)21(14-16(2)20(23)24-3)17-11-6-4-5-7-12-17/h8-10,13,16-17H,4-7,11-12,14H2,1-3H3. The molecule has 0 N–H and O–H groups in total. The van der Waals surface area contributed by atoms with Crippen molar-refractivity contribution in [2.75, 3.05) is 13.7 Å². The van der Waals surface area contributed by atoms with Gasteiger partial charge in [0.25, 0.3) is 5.91 Å². The fourth-order valence-electron chi connectivity index (χ4n) is 3.51. The Morgan fingerprint density at radius 3 is 2.38 bits per heavy atom. The van der Waals surface area contributed by atoms with E-state index in [0.717, 1.165) is 36.8 Å². The van der Waals surface area contributed by atoms with E-state index in [1.165, 1.54) is 20.0 Å². The van der Waals surface area contributed by atoms with Crippen molar-refractivity contribution in [3.63, 3.8) is 0 Å². The third kappa shape index (κ3) is 4.59. The third-order valence-corrected chi connectivity index (χ3v) is 4.98. The molecule has 132 valence electrons. The van der Waals surface area contributed by atoms with Crippen LogP contribution in [-0.4, -0.2) is 36.5 Å². The highest BCUT2D eigenvalue weighted by Gasteiger charge is 2.29. The van der Waals surface area contributed by atoms with Crippen LogP contribution in [0.3, 0.4) is 0 Å². The normalized spacial score (nSPS) is 17.0. The molecule has 2 rings (SSSR count). The number of amides is 1. The van der Waals surface area contributed by atoms with Crippen LogP contribution in [0.2, 0.25) is 0 Å². The average Bonchev–Trinajstić information content (AvgIpc) is 2.87. The monoisotopic (exact) mass is 331 g/mol. The van der Waals surface area contributed by atoms with Gasteiger partial charge in [-0.15, -0.1) is 0 Å². The number of aryl methyl sites for hydroxylation is 1. The van der Waals surface area contributed by atoms with E-state index in [-0.39, 0.29) is 23.8 Å². The molecule has 0 bridgehead atoms. The van der Waals surface area contributed by atoms with Crippen LogP contribution in [0.25, 0.3) is 0 Å². The number of benzene rings is 1. The van der Waals surface area contributed by atoms with Crippen LogP contribution in [0.4, 0.5) is 0 Å². The van der Waals surface area contributed by atoms with E-state index >= 15 is 0 Å². The summed E-state index contributed by atoms with van der Waals surface area (Å²) in [7, 11) is 1.40. The number of ether oxygens (including phenoxy) is 1. The van der Waals surface area contributed by atoms with Crippen molar-refractivity contribution in [3.05, 3.63) is 35.4 Å². The molecule has 1 atom stereocenters. The summed E-state index contributed by atoms with van der Waals surface area (Å²) in [6.07, 6.45) is 6.80. The molecule has 0 saturated heterocycles. The van der Waals surface area contributed by atoms with Gasteiger partial charge in [-0.1, -0.05) is 50.8 Å². The zero-order chi connectivity index (χ0) is 17.5. The van der Waals surface area contributed by atoms with Crippen LogP contribution in [0.1, 0.15) is 61.4 Å². The van der Waals surface area contributed by atoms with Crippen LogP contribution in [0, 0.1) is 12.8 Å². The molecule has 24 heavy (non-hydrogen) atoms. The molecule has 0 spiro atoms. The number of nitrogens with zero attached hydrogens (tertiary/aromatic N) is 1. The molecule has 1 aromatic carbocycles. The summed E-state index contributed by atoms with van der Waals surface area (Å²) in [5, 5.41) is 0. The maximum absolute atomic E-state index is 13.2. The Hall–Kier alpha value is -1.84. The van der Waals surface area contributed by atoms with Gasteiger partial charge in [-0.25, -0.2) is 0 Å². The van der Waals surface area contributed by atoms with Crippen molar-refractivity contribution in [1.82, 2.24) is 4.90 Å². The lowest BCUT2D eigenvalue weighted by Crippen LogP contribution is -2.44. The zero-order valence-corrected chi connectivity index (χ0v) is 15.1. The Morgan fingerprint density at radius 2 is 1.79 bits per heavy atom. The van der Waals surface area contributed by atoms with Gasteiger partial charge in [-0.2, -0.15) is 0 Å². The van der Waals surface area contributed by atoms with Gasteiger partial charge in [-0.05, 0) is 31.4 Å². The smallest absolute Gasteiger partial charge is 0.310 e. The van der Waals surface area contributed by atoms with E-state index in [1.54, 1.807) is 0 Å². The Balaban J connectivity index is 2.25. The third-order valence-electron chi connectivity index (χ3n) is 4.98. The van der Waals surface area contributed by atoms with Crippen molar-refractivity contribution in [2.45, 2.75) is 58.4 Å². The molecule has 1 saturated carbocycles. The number of hydrogen-bond acceptors (Lipinski definition) is 3. The summed E-state index contributed by atoms with van der Waals surface area (Å²) in [5.41, 5.74) is 1.71. The van der Waals surface area contributed by atoms with Crippen molar-refractivity contribution >= 4 is 11.9 Å². The zero-order valence-electron chi connectivity index (χ0n) is 15.1. The first-order chi connectivity index (χ1) is 11.5. The SMILES string of the molecule is COC(=O)C(C)CN(C(=O)c1ccccc1C)C1CCCCCC1. The minimum Gasteiger partial charge on any atom is -0.469 e. The Labute approximate surface area is 145 Å². The predicted molar refractivity (Wildman–Crippen MR) is 94.9 cm³/mol. The number of rotatable bonds is 5. The van der Waals surface area contributed by atoms with E-state index < -0.39 is 0 Å². The molecule has 1 amide bonds. The number of carbonyl (C=O) groups excluding carboxylic acids is 2. The van der Waals surface area contributed by atoms with Crippen molar-refractivity contribution in [3.8, 4) is 0 Å². The Kier molecular flexibility index (Phi) is 6.83. The number of hydrogen-bond donors (Lipinski definition) is 0. The molecule has 1 aromatic rings. The average molecular weight is 331 g/mol. The van der Waals surface area contributed by atoms with Gasteiger partial charge in [0.1, 0.15) is 0 Å². The van der Waals surface area contributed by atoms with E-state index in [2.05, 4.69) is 0 Å². The molecular weight excluding hydrogens is 302 g/mol. The fourth-order valence-corrected chi connectivity index (χ4v) is 3.51. The Bertz CT molecular complexity index is 562. The van der Waals surface area contributed by atoms with E-state index in [0.29, 0.717) is 6.54 Å². The molecule has 0 aliphatic heterocycles. The van der Waals surface area contributed by atoms with Gasteiger partial charge in [0.2, 0.25) is 0 Å². The van der Waals surface area contributed by atoms with Gasteiger partial charge < -0.3 is 9.64 Å². The topological polar surface area (TPSA) is 46.6 Å². The summed E-state index contributed by atoms with van der Waals surface area (Å²) in [6, 6.07) is 7.90. The molecule has 4 heteroatoms. The molecule has 0 aromatic heterocycles. The number of methoxy groups -OCH3 is 1. The lowest BCUT2D eigenvalue weighted by molar-refractivity contribution is -0.145. The predicted octanol–water partition coefficient (Wildman–Crippen LogP) is 3.97. The largest absolute Gasteiger partial charge is 0.469 e. The van der Waals surface area contributed by atoms with Crippen LogP contribution in [0.15, 0.2) is 24.3 Å². The minimum atomic E-state index is -0.314. The second-order valence-electron chi connectivity index (χ2n) is 6.84. The first-order valence-corrected chi connectivity index (χ1v) is 8.99. The number of carbonyl (C=O) groups is 2. The second-order valence-corrected chi connectivity index (χ2v) is 6.84. The number of esters is 1. The van der Waals surface area contributed by atoms with Gasteiger partial charge in [0.15, 0.2) is 0 Å². The Morgan fingerprint density at radius 1 is 1.17 bits per heavy atom. The quantitative estimate of drug-likeness (QED) is 0.606. The molecule has 1 aliphatic rings. The van der Waals surface area contributed by atoms with Crippen LogP contribution in [-0.2, 0) is 9.53 Å². The highest BCUT2D eigenvalue weighted by molar-refractivity contribution is 5.96.